The zero-order valence-corrected chi connectivity index (χ0v) is 13.0. The Morgan fingerprint density at radius 1 is 1.35 bits per heavy atom. The van der Waals surface area contributed by atoms with Crippen LogP contribution in [-0.4, -0.2) is 40.2 Å². The molecule has 114 valence electrons. The second-order valence-electron chi connectivity index (χ2n) is 5.51. The SMILES string of the molecule is CCOC(=O)CN(Cc1noc(CC(C)C)n1)C(C)C. The van der Waals surface area contributed by atoms with Crippen molar-refractivity contribution in [2.24, 2.45) is 5.92 Å². The van der Waals surface area contributed by atoms with Crippen LogP contribution < -0.4 is 0 Å². The summed E-state index contributed by atoms with van der Waals surface area (Å²) < 4.78 is 10.2. The molecule has 0 saturated heterocycles. The Morgan fingerprint density at radius 3 is 2.60 bits per heavy atom. The van der Waals surface area contributed by atoms with Crippen LogP contribution in [-0.2, 0) is 22.5 Å². The molecule has 1 aromatic heterocycles. The molecule has 0 atom stereocenters. The van der Waals surface area contributed by atoms with E-state index < -0.39 is 0 Å². The largest absolute Gasteiger partial charge is 0.465 e. The van der Waals surface area contributed by atoms with E-state index in [2.05, 4.69) is 24.0 Å². The summed E-state index contributed by atoms with van der Waals surface area (Å²) in [6.07, 6.45) is 0.770. The predicted molar refractivity (Wildman–Crippen MR) is 75.0 cm³/mol. The fourth-order valence-corrected chi connectivity index (χ4v) is 1.76. The molecule has 0 spiro atoms. The number of hydrogen-bond acceptors (Lipinski definition) is 6. The zero-order chi connectivity index (χ0) is 15.1. The first-order valence-corrected chi connectivity index (χ1v) is 7.13. The lowest BCUT2D eigenvalue weighted by Gasteiger charge is -2.23. The molecule has 0 fully saturated rings. The fourth-order valence-electron chi connectivity index (χ4n) is 1.76. The molecule has 0 aliphatic carbocycles. The quantitative estimate of drug-likeness (QED) is 0.680. The van der Waals surface area contributed by atoms with E-state index in [0.717, 1.165) is 6.42 Å². The topological polar surface area (TPSA) is 68.5 Å². The first-order valence-electron chi connectivity index (χ1n) is 7.13. The maximum absolute atomic E-state index is 11.6. The number of carbonyl (C=O) groups is 1. The summed E-state index contributed by atoms with van der Waals surface area (Å²) in [4.78, 5) is 17.9. The van der Waals surface area contributed by atoms with Crippen LogP contribution >= 0.6 is 0 Å². The number of nitrogens with zero attached hydrogens (tertiary/aromatic N) is 3. The molecule has 0 unspecified atom stereocenters. The normalized spacial score (nSPS) is 11.6. The van der Waals surface area contributed by atoms with Gasteiger partial charge in [-0.3, -0.25) is 9.69 Å². The molecule has 1 rings (SSSR count). The molecule has 0 aromatic carbocycles. The molecule has 1 aromatic rings. The lowest BCUT2D eigenvalue weighted by Crippen LogP contribution is -2.36. The van der Waals surface area contributed by atoms with Gasteiger partial charge >= 0.3 is 5.97 Å². The molecule has 6 heteroatoms. The third kappa shape index (κ3) is 5.69. The highest BCUT2D eigenvalue weighted by atomic mass is 16.5. The molecule has 20 heavy (non-hydrogen) atoms. The molecular formula is C14H25N3O3. The number of esters is 1. The molecular weight excluding hydrogens is 258 g/mol. The van der Waals surface area contributed by atoms with Crippen molar-refractivity contribution < 1.29 is 14.1 Å². The molecule has 0 amide bonds. The van der Waals surface area contributed by atoms with E-state index in [9.17, 15) is 4.79 Å². The average Bonchev–Trinajstić information content (AvgIpc) is 2.75. The van der Waals surface area contributed by atoms with Crippen molar-refractivity contribution in [1.29, 1.82) is 0 Å². The summed E-state index contributed by atoms with van der Waals surface area (Å²) in [5.41, 5.74) is 0. The molecule has 0 bridgehead atoms. The minimum absolute atomic E-state index is 0.200. The Labute approximate surface area is 120 Å². The Bertz CT molecular complexity index is 416. The van der Waals surface area contributed by atoms with Crippen molar-refractivity contribution in [3.63, 3.8) is 0 Å². The maximum atomic E-state index is 11.6. The number of hydrogen-bond donors (Lipinski definition) is 0. The third-order valence-electron chi connectivity index (χ3n) is 2.81. The Balaban J connectivity index is 2.61. The maximum Gasteiger partial charge on any atom is 0.320 e. The Morgan fingerprint density at radius 2 is 2.05 bits per heavy atom. The summed E-state index contributed by atoms with van der Waals surface area (Å²) >= 11 is 0. The Kier molecular flexibility index (Phi) is 6.64. The summed E-state index contributed by atoms with van der Waals surface area (Å²) in [6.45, 7) is 11.2. The van der Waals surface area contributed by atoms with Crippen molar-refractivity contribution in [3.8, 4) is 0 Å². The van der Waals surface area contributed by atoms with E-state index in [-0.39, 0.29) is 18.6 Å². The highest BCUT2D eigenvalue weighted by Crippen LogP contribution is 2.09. The van der Waals surface area contributed by atoms with Gasteiger partial charge in [0.15, 0.2) is 5.82 Å². The molecule has 0 radical (unpaired) electrons. The number of rotatable bonds is 8. The average molecular weight is 283 g/mol. The molecule has 1 heterocycles. The van der Waals surface area contributed by atoms with E-state index in [1.54, 1.807) is 6.92 Å². The van der Waals surface area contributed by atoms with Gasteiger partial charge in [-0.25, -0.2) is 0 Å². The van der Waals surface area contributed by atoms with Crippen molar-refractivity contribution in [2.75, 3.05) is 13.2 Å². The van der Waals surface area contributed by atoms with Crippen LogP contribution in [0.3, 0.4) is 0 Å². The lowest BCUT2D eigenvalue weighted by molar-refractivity contribution is -0.145. The Hall–Kier alpha value is -1.43. The number of ether oxygens (including phenoxy) is 1. The van der Waals surface area contributed by atoms with E-state index in [4.69, 9.17) is 9.26 Å². The van der Waals surface area contributed by atoms with E-state index in [1.807, 2.05) is 18.7 Å². The van der Waals surface area contributed by atoms with Gasteiger partial charge in [0.1, 0.15) is 0 Å². The molecule has 0 saturated carbocycles. The lowest BCUT2D eigenvalue weighted by atomic mass is 10.1. The first kappa shape index (κ1) is 16.6. The second kappa shape index (κ2) is 7.99. The number of aromatic nitrogens is 2. The van der Waals surface area contributed by atoms with Crippen LogP contribution in [0.5, 0.6) is 0 Å². The highest BCUT2D eigenvalue weighted by molar-refractivity contribution is 5.71. The van der Waals surface area contributed by atoms with Gasteiger partial charge in [0.2, 0.25) is 5.89 Å². The van der Waals surface area contributed by atoms with Crippen molar-refractivity contribution in [3.05, 3.63) is 11.7 Å². The van der Waals surface area contributed by atoms with Gasteiger partial charge in [-0.1, -0.05) is 19.0 Å². The van der Waals surface area contributed by atoms with Crippen molar-refractivity contribution >= 4 is 5.97 Å². The second-order valence-corrected chi connectivity index (χ2v) is 5.51. The fraction of sp³-hybridized carbons (Fsp3) is 0.786. The van der Waals surface area contributed by atoms with Crippen molar-refractivity contribution in [1.82, 2.24) is 15.0 Å². The highest BCUT2D eigenvalue weighted by Gasteiger charge is 2.18. The third-order valence-corrected chi connectivity index (χ3v) is 2.81. The van der Waals surface area contributed by atoms with Crippen molar-refractivity contribution in [2.45, 2.75) is 53.6 Å². The van der Waals surface area contributed by atoms with E-state index in [1.165, 1.54) is 0 Å². The van der Waals surface area contributed by atoms with Crippen LogP contribution in [0.25, 0.3) is 0 Å². The van der Waals surface area contributed by atoms with Gasteiger partial charge in [0.25, 0.3) is 0 Å². The molecule has 0 N–H and O–H groups in total. The first-order chi connectivity index (χ1) is 9.42. The van der Waals surface area contributed by atoms with Crippen LogP contribution in [0, 0.1) is 5.92 Å². The summed E-state index contributed by atoms with van der Waals surface area (Å²) in [7, 11) is 0. The number of carbonyl (C=O) groups excluding carboxylic acids is 1. The van der Waals surface area contributed by atoms with Gasteiger partial charge < -0.3 is 9.26 Å². The van der Waals surface area contributed by atoms with Gasteiger partial charge in [0.05, 0.1) is 19.7 Å². The summed E-state index contributed by atoms with van der Waals surface area (Å²) in [5, 5.41) is 3.96. The molecule has 0 aliphatic rings. The minimum atomic E-state index is -0.230. The van der Waals surface area contributed by atoms with Crippen LogP contribution in [0.15, 0.2) is 4.52 Å². The van der Waals surface area contributed by atoms with Gasteiger partial charge in [-0.15, -0.1) is 0 Å². The zero-order valence-electron chi connectivity index (χ0n) is 13.0. The van der Waals surface area contributed by atoms with Gasteiger partial charge in [-0.2, -0.15) is 4.98 Å². The summed E-state index contributed by atoms with van der Waals surface area (Å²) in [5.74, 6) is 1.50. The van der Waals surface area contributed by atoms with Gasteiger partial charge in [0, 0.05) is 12.5 Å². The monoisotopic (exact) mass is 283 g/mol. The summed E-state index contributed by atoms with van der Waals surface area (Å²) in [6, 6.07) is 0.200. The van der Waals surface area contributed by atoms with Crippen LogP contribution in [0.2, 0.25) is 0 Å². The molecule has 6 nitrogen and oxygen atoms in total. The standard InChI is InChI=1S/C14H25N3O3/c1-6-19-14(18)9-17(11(4)5)8-12-15-13(20-16-12)7-10(2)3/h10-11H,6-9H2,1-5H3. The van der Waals surface area contributed by atoms with Crippen LogP contribution in [0.1, 0.15) is 46.3 Å². The van der Waals surface area contributed by atoms with E-state index in [0.29, 0.717) is 30.8 Å². The van der Waals surface area contributed by atoms with E-state index >= 15 is 0 Å². The molecule has 0 aliphatic heterocycles. The van der Waals surface area contributed by atoms with Crippen LogP contribution in [0.4, 0.5) is 0 Å². The predicted octanol–water partition coefficient (Wildman–Crippen LogP) is 2.04. The minimum Gasteiger partial charge on any atom is -0.465 e. The smallest absolute Gasteiger partial charge is 0.320 e. The van der Waals surface area contributed by atoms with Gasteiger partial charge in [-0.05, 0) is 26.7 Å².